The number of fused-ring (bicyclic) bond motifs is 2. The Balaban J connectivity index is 1.73. The first-order chi connectivity index (χ1) is 10.6. The zero-order chi connectivity index (χ0) is 15.3. The molecular weight excluding hydrogens is 308 g/mol. The van der Waals surface area contributed by atoms with Gasteiger partial charge in [0.15, 0.2) is 5.78 Å². The highest BCUT2D eigenvalue weighted by molar-refractivity contribution is 7.71. The molecule has 3 heterocycles. The van der Waals surface area contributed by atoms with Crippen LogP contribution in [0.25, 0.3) is 5.69 Å². The molecule has 2 aliphatic rings. The summed E-state index contributed by atoms with van der Waals surface area (Å²) >= 11 is 5.40. The van der Waals surface area contributed by atoms with Crippen LogP contribution in [0.15, 0.2) is 24.3 Å². The monoisotopic (exact) mass is 320 g/mol. The fraction of sp³-hybridized carbons (Fsp3) is 0.385. The van der Waals surface area contributed by atoms with Gasteiger partial charge in [-0.2, -0.15) is 4.68 Å². The average molecular weight is 320 g/mol. The maximum absolute atomic E-state index is 11.9. The molecule has 114 valence electrons. The van der Waals surface area contributed by atoms with Gasteiger partial charge in [0.05, 0.1) is 18.3 Å². The van der Waals surface area contributed by atoms with Crippen LogP contribution in [0.5, 0.6) is 5.75 Å². The molecule has 22 heavy (non-hydrogen) atoms. The standard InChI is InChI=1S/C13H12N4O4S/c18-8-3-1-2-7(4-8)16-13(22)17(15-14-16)9-5-10(19)12-20-6-11(9)21-12/h1-4,9,11-12,18H,5-6H2. The molecule has 1 aromatic heterocycles. The molecule has 0 spiro atoms. The third-order valence-corrected chi connectivity index (χ3v) is 4.16. The molecule has 2 fully saturated rings. The third kappa shape index (κ3) is 2.05. The number of Topliss-reactive ketones (excluding diaryl/α,β-unsaturated/α-hetero) is 1. The Morgan fingerprint density at radius 2 is 2.23 bits per heavy atom. The van der Waals surface area contributed by atoms with E-state index in [-0.39, 0.29) is 30.1 Å². The fourth-order valence-corrected chi connectivity index (χ4v) is 3.03. The van der Waals surface area contributed by atoms with Gasteiger partial charge in [-0.1, -0.05) is 6.07 Å². The molecule has 0 radical (unpaired) electrons. The second-order valence-electron chi connectivity index (χ2n) is 5.22. The number of phenolic OH excluding ortho intramolecular Hbond substituents is 1. The number of tetrazole rings is 1. The van der Waals surface area contributed by atoms with E-state index in [0.29, 0.717) is 17.1 Å². The van der Waals surface area contributed by atoms with Crippen molar-refractivity contribution >= 4 is 18.0 Å². The SMILES string of the molecule is O=C1CC(n2nnn(-c3cccc(O)c3)c2=S)C2COC1O2. The van der Waals surface area contributed by atoms with Crippen molar-refractivity contribution in [1.29, 1.82) is 0 Å². The minimum Gasteiger partial charge on any atom is -0.508 e. The Kier molecular flexibility index (Phi) is 3.06. The normalized spacial score (nSPS) is 27.3. The van der Waals surface area contributed by atoms with Gasteiger partial charge in [-0.3, -0.25) is 4.79 Å². The Labute approximate surface area is 129 Å². The average Bonchev–Trinajstić information content (AvgIpc) is 3.09. The van der Waals surface area contributed by atoms with Crippen molar-refractivity contribution in [2.45, 2.75) is 24.9 Å². The van der Waals surface area contributed by atoms with E-state index in [9.17, 15) is 9.90 Å². The smallest absolute Gasteiger partial charge is 0.221 e. The molecule has 0 aliphatic carbocycles. The van der Waals surface area contributed by atoms with Crippen molar-refractivity contribution in [3.63, 3.8) is 0 Å². The minimum atomic E-state index is -0.753. The van der Waals surface area contributed by atoms with Gasteiger partial charge in [-0.25, -0.2) is 4.68 Å². The van der Waals surface area contributed by atoms with Crippen LogP contribution in [0.1, 0.15) is 12.5 Å². The summed E-state index contributed by atoms with van der Waals surface area (Å²) in [6.45, 7) is 0.335. The zero-order valence-corrected chi connectivity index (χ0v) is 12.1. The Bertz CT molecular complexity index is 801. The van der Waals surface area contributed by atoms with E-state index in [0.717, 1.165) is 0 Å². The first-order valence-corrected chi connectivity index (χ1v) is 7.18. The van der Waals surface area contributed by atoms with Gasteiger partial charge in [0, 0.05) is 12.5 Å². The van der Waals surface area contributed by atoms with E-state index in [4.69, 9.17) is 21.7 Å². The minimum absolute atomic E-state index is 0.108. The lowest BCUT2D eigenvalue weighted by Gasteiger charge is -2.25. The quantitative estimate of drug-likeness (QED) is 0.817. The predicted molar refractivity (Wildman–Crippen MR) is 75.1 cm³/mol. The van der Waals surface area contributed by atoms with Crippen molar-refractivity contribution in [1.82, 2.24) is 19.8 Å². The van der Waals surface area contributed by atoms with Crippen molar-refractivity contribution in [3.8, 4) is 11.4 Å². The highest BCUT2D eigenvalue weighted by Gasteiger charge is 2.45. The van der Waals surface area contributed by atoms with Gasteiger partial charge in [0.1, 0.15) is 11.9 Å². The van der Waals surface area contributed by atoms with Crippen molar-refractivity contribution in [2.24, 2.45) is 0 Å². The fourth-order valence-electron chi connectivity index (χ4n) is 2.72. The molecule has 4 rings (SSSR count). The van der Waals surface area contributed by atoms with Crippen molar-refractivity contribution in [2.75, 3.05) is 6.61 Å². The second-order valence-corrected chi connectivity index (χ2v) is 5.58. The highest BCUT2D eigenvalue weighted by atomic mass is 32.1. The van der Waals surface area contributed by atoms with E-state index in [1.165, 1.54) is 15.4 Å². The van der Waals surface area contributed by atoms with Crippen LogP contribution in [0.3, 0.4) is 0 Å². The molecule has 0 amide bonds. The molecule has 9 heteroatoms. The zero-order valence-electron chi connectivity index (χ0n) is 11.3. The number of ketones is 1. The summed E-state index contributed by atoms with van der Waals surface area (Å²) in [6, 6.07) is 6.21. The number of rotatable bonds is 2. The van der Waals surface area contributed by atoms with Gasteiger partial charge >= 0.3 is 0 Å². The molecule has 2 aromatic rings. The van der Waals surface area contributed by atoms with Gasteiger partial charge in [0.25, 0.3) is 0 Å². The van der Waals surface area contributed by atoms with E-state index in [1.807, 2.05) is 0 Å². The van der Waals surface area contributed by atoms with Gasteiger partial charge in [0.2, 0.25) is 11.1 Å². The molecule has 3 atom stereocenters. The molecule has 8 nitrogen and oxygen atoms in total. The lowest BCUT2D eigenvalue weighted by atomic mass is 10.0. The Hall–Kier alpha value is -2.10. The van der Waals surface area contributed by atoms with Crippen LogP contribution in [0, 0.1) is 4.77 Å². The topological polar surface area (TPSA) is 91.4 Å². The third-order valence-electron chi connectivity index (χ3n) is 3.80. The summed E-state index contributed by atoms with van der Waals surface area (Å²) in [5.41, 5.74) is 0.597. The van der Waals surface area contributed by atoms with Crippen LogP contribution in [-0.4, -0.2) is 49.7 Å². The van der Waals surface area contributed by atoms with Crippen LogP contribution in [-0.2, 0) is 14.3 Å². The summed E-state index contributed by atoms with van der Waals surface area (Å²) in [5, 5.41) is 17.6. The maximum Gasteiger partial charge on any atom is 0.221 e. The molecule has 2 bridgehead atoms. The van der Waals surface area contributed by atoms with Crippen molar-refractivity contribution < 1.29 is 19.4 Å². The lowest BCUT2D eigenvalue weighted by Crippen LogP contribution is -2.37. The lowest BCUT2D eigenvalue weighted by molar-refractivity contribution is -0.156. The first-order valence-electron chi connectivity index (χ1n) is 6.77. The van der Waals surface area contributed by atoms with E-state index >= 15 is 0 Å². The number of nitrogens with zero attached hydrogens (tertiary/aromatic N) is 4. The number of aromatic nitrogens is 4. The van der Waals surface area contributed by atoms with Gasteiger partial charge in [-0.05, 0) is 34.8 Å². The molecular formula is C13H12N4O4S. The van der Waals surface area contributed by atoms with Gasteiger partial charge < -0.3 is 14.6 Å². The summed E-state index contributed by atoms with van der Waals surface area (Å²) in [5.74, 6) is -0.00952. The second kappa shape index (κ2) is 4.97. The number of carbonyl (C=O) groups is 1. The number of ether oxygens (including phenoxy) is 2. The number of benzene rings is 1. The van der Waals surface area contributed by atoms with Crippen LogP contribution >= 0.6 is 12.2 Å². The number of phenols is 1. The summed E-state index contributed by atoms with van der Waals surface area (Å²) in [4.78, 5) is 11.9. The number of hydrogen-bond donors (Lipinski definition) is 1. The van der Waals surface area contributed by atoms with Crippen molar-refractivity contribution in [3.05, 3.63) is 29.0 Å². The number of hydrogen-bond acceptors (Lipinski definition) is 7. The maximum atomic E-state index is 11.9. The first kappa shape index (κ1) is 13.6. The molecule has 3 unspecified atom stereocenters. The Morgan fingerprint density at radius 3 is 3.05 bits per heavy atom. The summed E-state index contributed by atoms with van der Waals surface area (Å²) in [6.07, 6.45) is -0.761. The highest BCUT2D eigenvalue weighted by Crippen LogP contribution is 2.32. The molecule has 2 saturated heterocycles. The molecule has 1 aromatic carbocycles. The van der Waals surface area contributed by atoms with Gasteiger partial charge in [-0.15, -0.1) is 0 Å². The summed E-state index contributed by atoms with van der Waals surface area (Å²) < 4.78 is 14.1. The molecule has 2 aliphatic heterocycles. The molecule has 1 N–H and O–H groups in total. The number of carbonyl (C=O) groups excluding carboxylic acids is 1. The van der Waals surface area contributed by atoms with Crippen LogP contribution in [0.4, 0.5) is 0 Å². The van der Waals surface area contributed by atoms with E-state index < -0.39 is 6.29 Å². The largest absolute Gasteiger partial charge is 0.508 e. The predicted octanol–water partition coefficient (Wildman–Crippen LogP) is 0.759. The number of aromatic hydroxyl groups is 1. The van der Waals surface area contributed by atoms with E-state index in [2.05, 4.69) is 10.4 Å². The van der Waals surface area contributed by atoms with Crippen LogP contribution in [0.2, 0.25) is 0 Å². The van der Waals surface area contributed by atoms with Crippen LogP contribution < -0.4 is 0 Å². The summed E-state index contributed by atoms with van der Waals surface area (Å²) in [7, 11) is 0. The molecule has 0 saturated carbocycles. The van der Waals surface area contributed by atoms with E-state index in [1.54, 1.807) is 18.2 Å². The Morgan fingerprint density at radius 1 is 1.36 bits per heavy atom.